The van der Waals surface area contributed by atoms with Gasteiger partial charge in [-0.2, -0.15) is 11.8 Å². The molecule has 0 radical (unpaired) electrons. The van der Waals surface area contributed by atoms with Crippen LogP contribution in [0.5, 0.6) is 5.75 Å². The molecule has 0 aliphatic heterocycles. The maximum Gasteiger partial charge on any atom is 0.241 e. The zero-order valence-electron chi connectivity index (χ0n) is 16.8. The molecule has 0 saturated carbocycles. The van der Waals surface area contributed by atoms with Gasteiger partial charge < -0.3 is 14.6 Å². The Morgan fingerprint density at radius 1 is 1.27 bits per heavy atom. The molecule has 0 spiro atoms. The molecule has 0 atom stereocenters. The van der Waals surface area contributed by atoms with Crippen LogP contribution in [0.2, 0.25) is 0 Å². The van der Waals surface area contributed by atoms with E-state index in [9.17, 15) is 13.2 Å². The van der Waals surface area contributed by atoms with Gasteiger partial charge in [0.25, 0.3) is 0 Å². The molecule has 0 saturated heterocycles. The van der Waals surface area contributed by atoms with Gasteiger partial charge in [0.15, 0.2) is 0 Å². The number of carbonyl (C=O) groups is 1. The highest BCUT2D eigenvalue weighted by molar-refractivity contribution is 7.97. The molecule has 30 heavy (non-hydrogen) atoms. The number of aromatic nitrogens is 2. The molecule has 1 amide bonds. The van der Waals surface area contributed by atoms with Crippen LogP contribution in [0.3, 0.4) is 0 Å². The highest BCUT2D eigenvalue weighted by atomic mass is 32.2. The number of nitrogens with two attached hydrogens (primary N) is 1. The van der Waals surface area contributed by atoms with Crippen LogP contribution < -0.4 is 15.2 Å². The van der Waals surface area contributed by atoms with Crippen molar-refractivity contribution in [2.24, 2.45) is 5.14 Å². The van der Waals surface area contributed by atoms with Crippen LogP contribution in [0.4, 0.5) is 0 Å². The van der Waals surface area contributed by atoms with Gasteiger partial charge in [-0.25, -0.2) is 18.5 Å². The summed E-state index contributed by atoms with van der Waals surface area (Å²) >= 11 is 1.65. The number of methoxy groups -OCH3 is 1. The Labute approximate surface area is 179 Å². The van der Waals surface area contributed by atoms with Crippen LogP contribution in [0, 0.1) is 0 Å². The maximum atomic E-state index is 12.5. The monoisotopic (exact) mass is 448 g/mol. The molecule has 160 valence electrons. The number of imidazole rings is 1. The molecular weight excluding hydrogens is 424 g/mol. The number of rotatable bonds is 9. The lowest BCUT2D eigenvalue weighted by molar-refractivity contribution is -0.121. The molecule has 10 heteroatoms. The number of hydrogen-bond donors (Lipinski definition) is 2. The predicted octanol–water partition coefficient (Wildman–Crippen LogP) is 1.91. The standard InChI is InChI=1S/C20H24N4O4S2/c1-28-17-8-7-14(11-18(17)30(21,26)27)9-10-22-20(25)12-24-16-6-4-3-5-15(16)23-19(24)13-29-2/h3-8,11H,9-10,12-13H2,1-2H3,(H,22,25)(H2,21,26,27). The number of para-hydroxylation sites is 2. The largest absolute Gasteiger partial charge is 0.495 e. The lowest BCUT2D eigenvalue weighted by Crippen LogP contribution is -2.30. The van der Waals surface area contributed by atoms with Crippen molar-refractivity contribution in [3.63, 3.8) is 0 Å². The first-order valence-corrected chi connectivity index (χ1v) is 12.2. The molecule has 0 aliphatic carbocycles. The van der Waals surface area contributed by atoms with Crippen LogP contribution in [-0.2, 0) is 33.5 Å². The van der Waals surface area contributed by atoms with Crippen LogP contribution in [0.1, 0.15) is 11.4 Å². The molecule has 3 aromatic rings. The fourth-order valence-electron chi connectivity index (χ4n) is 3.19. The Balaban J connectivity index is 1.66. The SMILES string of the molecule is COc1ccc(CCNC(=O)Cn2c(CSC)nc3ccccc32)cc1S(N)(=O)=O. The number of carbonyl (C=O) groups excluding carboxylic acids is 1. The molecule has 2 aromatic carbocycles. The average molecular weight is 449 g/mol. The number of nitrogens with zero attached hydrogens (tertiary/aromatic N) is 2. The third-order valence-corrected chi connectivity index (χ3v) is 6.06. The summed E-state index contributed by atoms with van der Waals surface area (Å²) in [7, 11) is -2.52. The topological polar surface area (TPSA) is 116 Å². The Hall–Kier alpha value is -2.56. The minimum absolute atomic E-state index is 0.0691. The van der Waals surface area contributed by atoms with Gasteiger partial charge in [-0.1, -0.05) is 18.2 Å². The van der Waals surface area contributed by atoms with E-state index in [4.69, 9.17) is 9.88 Å². The van der Waals surface area contributed by atoms with Crippen molar-refractivity contribution in [1.82, 2.24) is 14.9 Å². The molecule has 0 bridgehead atoms. The van der Waals surface area contributed by atoms with Crippen molar-refractivity contribution < 1.29 is 17.9 Å². The van der Waals surface area contributed by atoms with E-state index in [1.54, 1.807) is 23.9 Å². The Kier molecular flexibility index (Phi) is 7.01. The minimum Gasteiger partial charge on any atom is -0.495 e. The number of amides is 1. The number of nitrogens with one attached hydrogen (secondary N) is 1. The van der Waals surface area contributed by atoms with Gasteiger partial charge in [-0.3, -0.25) is 4.79 Å². The highest BCUT2D eigenvalue weighted by Gasteiger charge is 2.16. The second kappa shape index (κ2) is 9.50. The van der Waals surface area contributed by atoms with Gasteiger partial charge in [0.2, 0.25) is 15.9 Å². The molecule has 0 fully saturated rings. The predicted molar refractivity (Wildman–Crippen MR) is 118 cm³/mol. The van der Waals surface area contributed by atoms with Crippen LogP contribution in [-0.4, -0.2) is 43.8 Å². The van der Waals surface area contributed by atoms with Crippen molar-refractivity contribution in [2.45, 2.75) is 23.6 Å². The van der Waals surface area contributed by atoms with Crippen LogP contribution in [0.25, 0.3) is 11.0 Å². The summed E-state index contributed by atoms with van der Waals surface area (Å²) in [4.78, 5) is 17.1. The number of fused-ring (bicyclic) bond motifs is 1. The Morgan fingerprint density at radius 2 is 2.03 bits per heavy atom. The van der Waals surface area contributed by atoms with E-state index in [1.807, 2.05) is 35.1 Å². The van der Waals surface area contributed by atoms with Crippen molar-refractivity contribution >= 4 is 38.7 Å². The number of benzene rings is 2. The zero-order valence-corrected chi connectivity index (χ0v) is 18.4. The molecule has 1 heterocycles. The summed E-state index contributed by atoms with van der Waals surface area (Å²) in [6.45, 7) is 0.529. The van der Waals surface area contributed by atoms with Gasteiger partial charge >= 0.3 is 0 Å². The summed E-state index contributed by atoms with van der Waals surface area (Å²) in [6, 6.07) is 12.5. The number of hydrogen-bond acceptors (Lipinski definition) is 6. The first-order chi connectivity index (χ1) is 14.3. The zero-order chi connectivity index (χ0) is 21.7. The van der Waals surface area contributed by atoms with Crippen molar-refractivity contribution in [3.8, 4) is 5.75 Å². The summed E-state index contributed by atoms with van der Waals surface area (Å²) in [5, 5.41) is 8.13. The Bertz CT molecular complexity index is 1160. The minimum atomic E-state index is -3.90. The van der Waals surface area contributed by atoms with Crippen molar-refractivity contribution in [3.05, 3.63) is 53.9 Å². The molecule has 1 aromatic heterocycles. The van der Waals surface area contributed by atoms with Gasteiger partial charge in [0.1, 0.15) is 23.0 Å². The first kappa shape index (κ1) is 22.1. The quantitative estimate of drug-likeness (QED) is 0.517. The number of ether oxygens (including phenoxy) is 1. The van der Waals surface area contributed by atoms with Crippen LogP contribution >= 0.6 is 11.8 Å². The van der Waals surface area contributed by atoms with Gasteiger partial charge in [-0.05, 0) is 42.5 Å². The van der Waals surface area contributed by atoms with Gasteiger partial charge in [0, 0.05) is 6.54 Å². The number of primary sulfonamides is 1. The fourth-order valence-corrected chi connectivity index (χ4v) is 4.41. The molecule has 3 rings (SSSR count). The fraction of sp³-hybridized carbons (Fsp3) is 0.300. The summed E-state index contributed by atoms with van der Waals surface area (Å²) in [6.07, 6.45) is 2.45. The van der Waals surface area contributed by atoms with E-state index in [0.29, 0.717) is 18.7 Å². The van der Waals surface area contributed by atoms with E-state index in [2.05, 4.69) is 10.3 Å². The normalized spacial score (nSPS) is 11.6. The third-order valence-electron chi connectivity index (χ3n) is 4.58. The molecule has 3 N–H and O–H groups in total. The van der Waals surface area contributed by atoms with E-state index in [1.165, 1.54) is 13.2 Å². The number of thioether (sulfide) groups is 1. The number of sulfonamides is 1. The smallest absolute Gasteiger partial charge is 0.241 e. The summed E-state index contributed by atoms with van der Waals surface area (Å²) in [5.41, 5.74) is 2.52. The summed E-state index contributed by atoms with van der Waals surface area (Å²) < 4.78 is 30.4. The molecule has 0 aliphatic rings. The molecule has 0 unspecified atom stereocenters. The molecule has 8 nitrogen and oxygen atoms in total. The van der Waals surface area contributed by atoms with E-state index in [-0.39, 0.29) is 23.1 Å². The van der Waals surface area contributed by atoms with Crippen LogP contribution in [0.15, 0.2) is 47.4 Å². The van der Waals surface area contributed by atoms with Crippen molar-refractivity contribution in [1.29, 1.82) is 0 Å². The lowest BCUT2D eigenvalue weighted by Gasteiger charge is -2.11. The highest BCUT2D eigenvalue weighted by Crippen LogP contribution is 2.24. The third kappa shape index (κ3) is 5.13. The average Bonchev–Trinajstić information content (AvgIpc) is 3.05. The summed E-state index contributed by atoms with van der Waals surface area (Å²) in [5.74, 6) is 1.62. The second-order valence-corrected chi connectivity index (χ2v) is 9.06. The van der Waals surface area contributed by atoms with E-state index < -0.39 is 10.0 Å². The van der Waals surface area contributed by atoms with Gasteiger partial charge in [-0.15, -0.1) is 0 Å². The van der Waals surface area contributed by atoms with Gasteiger partial charge in [0.05, 0.1) is 23.9 Å². The van der Waals surface area contributed by atoms with Crippen molar-refractivity contribution in [2.75, 3.05) is 19.9 Å². The first-order valence-electron chi connectivity index (χ1n) is 9.23. The Morgan fingerprint density at radius 3 is 2.73 bits per heavy atom. The van der Waals surface area contributed by atoms with E-state index in [0.717, 1.165) is 22.4 Å². The maximum absolute atomic E-state index is 12.5. The molecular formula is C20H24N4O4S2. The lowest BCUT2D eigenvalue weighted by atomic mass is 10.1. The second-order valence-electron chi connectivity index (χ2n) is 6.67. The van der Waals surface area contributed by atoms with E-state index >= 15 is 0 Å².